The van der Waals surface area contributed by atoms with Crippen molar-refractivity contribution in [1.82, 2.24) is 4.90 Å². The third kappa shape index (κ3) is 5.18. The summed E-state index contributed by atoms with van der Waals surface area (Å²) in [7, 11) is 1.68. The summed E-state index contributed by atoms with van der Waals surface area (Å²) < 4.78 is 5.47. The van der Waals surface area contributed by atoms with Gasteiger partial charge in [-0.15, -0.1) is 0 Å². The van der Waals surface area contributed by atoms with Crippen LogP contribution in [0, 0.1) is 11.8 Å². The Hall–Kier alpha value is -3.91. The lowest BCUT2D eigenvalue weighted by molar-refractivity contribution is 0.208. The predicted octanol–water partition coefficient (Wildman–Crippen LogP) is 4.45. The molecular weight excluding hydrogens is 386 g/mol. The number of anilines is 2. The third-order valence-electron chi connectivity index (χ3n) is 5.23. The van der Waals surface area contributed by atoms with Crippen molar-refractivity contribution in [1.29, 1.82) is 0 Å². The molecule has 2 amide bonds. The molecule has 0 radical (unpaired) electrons. The molecule has 0 saturated carbocycles. The van der Waals surface area contributed by atoms with Gasteiger partial charge in [-0.3, -0.25) is 0 Å². The zero-order chi connectivity index (χ0) is 21.5. The molecule has 1 N–H and O–H groups in total. The monoisotopic (exact) mass is 411 g/mol. The standard InChI is InChI=1S/C26H25N3O2/c1-31-25-13-6-5-12-24(25)28-16-18-29(19-17-28)26(30)27-23-11-7-10-22(20-23)15-14-21-8-3-2-4-9-21/h2-13,20H,16-19H2,1H3,(H,27,30). The molecule has 0 bridgehead atoms. The Kier molecular flexibility index (Phi) is 6.39. The van der Waals surface area contributed by atoms with E-state index in [1.165, 1.54) is 0 Å². The maximum Gasteiger partial charge on any atom is 0.321 e. The molecule has 5 heteroatoms. The number of ether oxygens (including phenoxy) is 1. The highest BCUT2D eigenvalue weighted by Gasteiger charge is 2.22. The zero-order valence-corrected chi connectivity index (χ0v) is 17.5. The topological polar surface area (TPSA) is 44.8 Å². The van der Waals surface area contributed by atoms with Gasteiger partial charge in [0.05, 0.1) is 12.8 Å². The summed E-state index contributed by atoms with van der Waals surface area (Å²) in [5, 5.41) is 3.00. The van der Waals surface area contributed by atoms with Crippen LogP contribution in [0.4, 0.5) is 16.2 Å². The van der Waals surface area contributed by atoms with Gasteiger partial charge in [-0.1, -0.05) is 48.2 Å². The average Bonchev–Trinajstić information content (AvgIpc) is 2.84. The first-order valence-corrected chi connectivity index (χ1v) is 10.3. The molecule has 0 spiro atoms. The fourth-order valence-corrected chi connectivity index (χ4v) is 3.58. The molecule has 31 heavy (non-hydrogen) atoms. The number of carbonyl (C=O) groups excluding carboxylic acids is 1. The van der Waals surface area contributed by atoms with E-state index < -0.39 is 0 Å². The van der Waals surface area contributed by atoms with Crippen LogP contribution in [0.2, 0.25) is 0 Å². The van der Waals surface area contributed by atoms with Crippen molar-refractivity contribution in [2.45, 2.75) is 0 Å². The summed E-state index contributed by atoms with van der Waals surface area (Å²) in [4.78, 5) is 16.9. The van der Waals surface area contributed by atoms with E-state index in [0.717, 1.165) is 41.3 Å². The van der Waals surface area contributed by atoms with Crippen molar-refractivity contribution in [3.8, 4) is 17.6 Å². The number of urea groups is 1. The summed E-state index contributed by atoms with van der Waals surface area (Å²) in [6.45, 7) is 2.82. The van der Waals surface area contributed by atoms with E-state index in [9.17, 15) is 4.79 Å². The highest BCUT2D eigenvalue weighted by molar-refractivity contribution is 5.89. The molecule has 3 aromatic carbocycles. The van der Waals surface area contributed by atoms with E-state index in [0.29, 0.717) is 13.1 Å². The Morgan fingerprint density at radius 3 is 2.29 bits per heavy atom. The Bertz CT molecular complexity index is 1090. The molecule has 0 aromatic heterocycles. The number of amides is 2. The van der Waals surface area contributed by atoms with E-state index >= 15 is 0 Å². The summed E-state index contributed by atoms with van der Waals surface area (Å²) >= 11 is 0. The van der Waals surface area contributed by atoms with Crippen LogP contribution in [0.1, 0.15) is 11.1 Å². The zero-order valence-electron chi connectivity index (χ0n) is 17.5. The van der Waals surface area contributed by atoms with E-state index in [2.05, 4.69) is 28.1 Å². The van der Waals surface area contributed by atoms with Crippen LogP contribution in [-0.4, -0.2) is 44.2 Å². The highest BCUT2D eigenvalue weighted by atomic mass is 16.5. The van der Waals surface area contributed by atoms with E-state index in [1.807, 2.05) is 77.7 Å². The minimum Gasteiger partial charge on any atom is -0.495 e. The van der Waals surface area contributed by atoms with E-state index in [-0.39, 0.29) is 6.03 Å². The minimum absolute atomic E-state index is 0.0900. The molecule has 0 unspecified atom stereocenters. The molecule has 1 heterocycles. The van der Waals surface area contributed by atoms with Crippen molar-refractivity contribution in [2.75, 3.05) is 43.5 Å². The van der Waals surface area contributed by atoms with Crippen molar-refractivity contribution in [2.24, 2.45) is 0 Å². The molecule has 4 rings (SSSR count). The lowest BCUT2D eigenvalue weighted by Gasteiger charge is -2.36. The lowest BCUT2D eigenvalue weighted by Crippen LogP contribution is -2.50. The van der Waals surface area contributed by atoms with Crippen molar-refractivity contribution in [3.63, 3.8) is 0 Å². The number of hydrogen-bond donors (Lipinski definition) is 1. The average molecular weight is 412 g/mol. The number of hydrogen-bond acceptors (Lipinski definition) is 3. The second-order valence-electron chi connectivity index (χ2n) is 7.27. The van der Waals surface area contributed by atoms with Gasteiger partial charge in [0, 0.05) is 43.0 Å². The van der Waals surface area contributed by atoms with Crippen LogP contribution < -0.4 is 15.0 Å². The molecule has 1 aliphatic rings. The van der Waals surface area contributed by atoms with E-state index in [1.54, 1.807) is 7.11 Å². The number of nitrogens with zero attached hydrogens (tertiary/aromatic N) is 2. The number of rotatable bonds is 3. The van der Waals surface area contributed by atoms with E-state index in [4.69, 9.17) is 4.74 Å². The van der Waals surface area contributed by atoms with Crippen LogP contribution in [0.3, 0.4) is 0 Å². The minimum atomic E-state index is -0.0900. The highest BCUT2D eigenvalue weighted by Crippen LogP contribution is 2.28. The van der Waals surface area contributed by atoms with Crippen LogP contribution in [0.15, 0.2) is 78.9 Å². The molecule has 5 nitrogen and oxygen atoms in total. The van der Waals surface area contributed by atoms with Gasteiger partial charge >= 0.3 is 6.03 Å². The Labute approximate surface area is 183 Å². The lowest BCUT2D eigenvalue weighted by atomic mass is 10.1. The van der Waals surface area contributed by atoms with Gasteiger partial charge in [0.15, 0.2) is 0 Å². The van der Waals surface area contributed by atoms with Gasteiger partial charge in [0.1, 0.15) is 5.75 Å². The molecule has 3 aromatic rings. The quantitative estimate of drug-likeness (QED) is 0.648. The second kappa shape index (κ2) is 9.73. The Morgan fingerprint density at radius 1 is 0.839 bits per heavy atom. The van der Waals surface area contributed by atoms with Gasteiger partial charge in [-0.2, -0.15) is 0 Å². The molecule has 156 valence electrons. The van der Waals surface area contributed by atoms with Gasteiger partial charge < -0.3 is 19.9 Å². The normalized spacial score (nSPS) is 13.2. The Balaban J connectivity index is 1.36. The SMILES string of the molecule is COc1ccccc1N1CCN(C(=O)Nc2cccc(C#Cc3ccccc3)c2)CC1. The summed E-state index contributed by atoms with van der Waals surface area (Å²) in [6, 6.07) is 25.4. The summed E-state index contributed by atoms with van der Waals surface area (Å²) in [6.07, 6.45) is 0. The predicted molar refractivity (Wildman–Crippen MR) is 125 cm³/mol. The molecule has 0 aliphatic carbocycles. The number of para-hydroxylation sites is 2. The van der Waals surface area contributed by atoms with Gasteiger partial charge in [0.2, 0.25) is 0 Å². The maximum atomic E-state index is 12.8. The fraction of sp³-hybridized carbons (Fsp3) is 0.192. The number of nitrogens with one attached hydrogen (secondary N) is 1. The van der Waals surface area contributed by atoms with Crippen LogP contribution >= 0.6 is 0 Å². The fourth-order valence-electron chi connectivity index (χ4n) is 3.58. The first-order chi connectivity index (χ1) is 15.2. The number of carbonyl (C=O) groups is 1. The smallest absolute Gasteiger partial charge is 0.321 e. The van der Waals surface area contributed by atoms with Gasteiger partial charge in [-0.05, 0) is 42.5 Å². The number of piperazine rings is 1. The van der Waals surface area contributed by atoms with Crippen LogP contribution in [-0.2, 0) is 0 Å². The van der Waals surface area contributed by atoms with Crippen molar-refractivity contribution in [3.05, 3.63) is 90.0 Å². The van der Waals surface area contributed by atoms with Crippen LogP contribution in [0.25, 0.3) is 0 Å². The molecule has 0 atom stereocenters. The third-order valence-corrected chi connectivity index (χ3v) is 5.23. The van der Waals surface area contributed by atoms with Crippen molar-refractivity contribution >= 4 is 17.4 Å². The van der Waals surface area contributed by atoms with Gasteiger partial charge in [-0.25, -0.2) is 4.79 Å². The molecule has 1 fully saturated rings. The molecular formula is C26H25N3O2. The summed E-state index contributed by atoms with van der Waals surface area (Å²) in [5.41, 5.74) is 3.64. The number of benzene rings is 3. The van der Waals surface area contributed by atoms with Crippen LogP contribution in [0.5, 0.6) is 5.75 Å². The maximum absolute atomic E-state index is 12.8. The largest absolute Gasteiger partial charge is 0.495 e. The van der Waals surface area contributed by atoms with Crippen molar-refractivity contribution < 1.29 is 9.53 Å². The van der Waals surface area contributed by atoms with Gasteiger partial charge in [0.25, 0.3) is 0 Å². The molecule has 1 aliphatic heterocycles. The first-order valence-electron chi connectivity index (χ1n) is 10.3. The number of methoxy groups -OCH3 is 1. The summed E-state index contributed by atoms with van der Waals surface area (Å²) in [5.74, 6) is 7.16. The molecule has 1 saturated heterocycles. The second-order valence-corrected chi connectivity index (χ2v) is 7.27. The Morgan fingerprint density at radius 2 is 1.52 bits per heavy atom. The first kappa shape index (κ1) is 20.4.